The fraction of sp³-hybridized carbons (Fsp3) is 0.556. The lowest BCUT2D eigenvalue weighted by molar-refractivity contribution is 0.610. The van der Waals surface area contributed by atoms with Crippen LogP contribution < -0.4 is 10.6 Å². The van der Waals surface area contributed by atoms with E-state index in [1.165, 1.54) is 12.8 Å². The second-order valence-electron chi connectivity index (χ2n) is 3.40. The van der Waals surface area contributed by atoms with Crippen molar-refractivity contribution in [1.29, 1.82) is 0 Å². The third kappa shape index (κ3) is 2.38. The molecule has 1 atom stereocenters. The summed E-state index contributed by atoms with van der Waals surface area (Å²) in [5.41, 5.74) is 0. The molecule has 1 aliphatic heterocycles. The Morgan fingerprint density at radius 1 is 1.50 bits per heavy atom. The van der Waals surface area contributed by atoms with Crippen LogP contribution in [0.25, 0.3) is 0 Å². The van der Waals surface area contributed by atoms with E-state index in [0.29, 0.717) is 12.0 Å². The minimum atomic E-state index is -0.408. The van der Waals surface area contributed by atoms with E-state index in [0.717, 1.165) is 25.5 Å². The largest absolute Gasteiger partial charge is 0.353 e. The lowest BCUT2D eigenvalue weighted by Crippen LogP contribution is -2.29. The number of anilines is 1. The van der Waals surface area contributed by atoms with Crippen LogP contribution in [0.4, 0.5) is 10.3 Å². The van der Waals surface area contributed by atoms with Crippen molar-refractivity contribution in [3.8, 4) is 0 Å². The van der Waals surface area contributed by atoms with Crippen molar-refractivity contribution in [2.75, 3.05) is 18.4 Å². The Balaban J connectivity index is 1.82. The first-order valence-electron chi connectivity index (χ1n) is 4.79. The van der Waals surface area contributed by atoms with Gasteiger partial charge in [0.25, 0.3) is 0 Å². The van der Waals surface area contributed by atoms with Gasteiger partial charge in [0.2, 0.25) is 5.95 Å². The fourth-order valence-corrected chi connectivity index (χ4v) is 1.55. The molecule has 2 heterocycles. The van der Waals surface area contributed by atoms with Crippen molar-refractivity contribution < 1.29 is 4.39 Å². The second kappa shape index (κ2) is 4.32. The van der Waals surface area contributed by atoms with Crippen LogP contribution in [-0.4, -0.2) is 29.1 Å². The van der Waals surface area contributed by atoms with Gasteiger partial charge in [-0.05, 0) is 19.4 Å². The molecule has 1 saturated heterocycles. The van der Waals surface area contributed by atoms with Gasteiger partial charge >= 0.3 is 0 Å². The molecule has 1 fully saturated rings. The second-order valence-corrected chi connectivity index (χ2v) is 3.40. The monoisotopic (exact) mass is 196 g/mol. The smallest absolute Gasteiger partial charge is 0.222 e. The summed E-state index contributed by atoms with van der Waals surface area (Å²) in [7, 11) is 0. The fourth-order valence-electron chi connectivity index (χ4n) is 1.55. The first-order valence-corrected chi connectivity index (χ1v) is 4.79. The summed E-state index contributed by atoms with van der Waals surface area (Å²) < 4.78 is 12.5. The minimum absolute atomic E-state index is 0.408. The highest BCUT2D eigenvalue weighted by Crippen LogP contribution is 2.05. The van der Waals surface area contributed by atoms with Crippen molar-refractivity contribution in [2.45, 2.75) is 18.9 Å². The van der Waals surface area contributed by atoms with Crippen molar-refractivity contribution >= 4 is 5.95 Å². The van der Waals surface area contributed by atoms with Crippen molar-refractivity contribution in [2.24, 2.45) is 0 Å². The molecule has 0 saturated carbocycles. The zero-order chi connectivity index (χ0) is 9.80. The van der Waals surface area contributed by atoms with Gasteiger partial charge in [-0.2, -0.15) is 0 Å². The Morgan fingerprint density at radius 2 is 2.29 bits per heavy atom. The topological polar surface area (TPSA) is 49.8 Å². The van der Waals surface area contributed by atoms with Crippen molar-refractivity contribution in [3.63, 3.8) is 0 Å². The molecule has 1 unspecified atom stereocenters. The highest BCUT2D eigenvalue weighted by Gasteiger charge is 2.13. The molecule has 1 aromatic rings. The molecule has 2 N–H and O–H groups in total. The Morgan fingerprint density at radius 3 is 2.93 bits per heavy atom. The summed E-state index contributed by atoms with van der Waals surface area (Å²) in [6, 6.07) is 0.489. The van der Waals surface area contributed by atoms with Crippen LogP contribution in [-0.2, 0) is 0 Å². The Kier molecular flexibility index (Phi) is 2.88. The van der Waals surface area contributed by atoms with Gasteiger partial charge in [0.1, 0.15) is 0 Å². The molecule has 1 aliphatic rings. The Bertz CT molecular complexity index is 281. The first kappa shape index (κ1) is 9.33. The maximum atomic E-state index is 12.5. The molecular formula is C9H13FN4. The van der Waals surface area contributed by atoms with Gasteiger partial charge in [0.15, 0.2) is 5.82 Å². The molecule has 1 aromatic heterocycles. The number of nitrogens with zero attached hydrogens (tertiary/aromatic N) is 2. The van der Waals surface area contributed by atoms with Gasteiger partial charge in [-0.25, -0.2) is 14.4 Å². The number of rotatable bonds is 3. The number of aromatic nitrogens is 2. The quantitative estimate of drug-likeness (QED) is 0.750. The predicted molar refractivity (Wildman–Crippen MR) is 51.5 cm³/mol. The maximum Gasteiger partial charge on any atom is 0.222 e. The molecule has 0 amide bonds. The standard InChI is InChI=1S/C9H13FN4/c10-7-4-12-9(13-5-7)14-6-8-2-1-3-11-8/h4-5,8,11H,1-3,6H2,(H,12,13,14). The summed E-state index contributed by atoms with van der Waals surface area (Å²) in [6.45, 7) is 1.88. The number of nitrogens with one attached hydrogen (secondary N) is 2. The van der Waals surface area contributed by atoms with Crippen LogP contribution in [0.1, 0.15) is 12.8 Å². The van der Waals surface area contributed by atoms with Crippen LogP contribution in [0.5, 0.6) is 0 Å². The molecule has 0 radical (unpaired) electrons. The van der Waals surface area contributed by atoms with Crippen molar-refractivity contribution in [1.82, 2.24) is 15.3 Å². The average Bonchev–Trinajstić information content (AvgIpc) is 2.70. The summed E-state index contributed by atoms with van der Waals surface area (Å²) in [4.78, 5) is 7.63. The van der Waals surface area contributed by atoms with Gasteiger partial charge < -0.3 is 10.6 Å². The molecule has 76 valence electrons. The number of halogens is 1. The van der Waals surface area contributed by atoms with E-state index in [4.69, 9.17) is 0 Å². The van der Waals surface area contributed by atoms with Crippen LogP contribution in [0.3, 0.4) is 0 Å². The van der Waals surface area contributed by atoms with Gasteiger partial charge in [-0.3, -0.25) is 0 Å². The van der Waals surface area contributed by atoms with Crippen LogP contribution in [0.15, 0.2) is 12.4 Å². The van der Waals surface area contributed by atoms with E-state index in [2.05, 4.69) is 20.6 Å². The SMILES string of the molecule is Fc1cnc(NCC2CCCN2)nc1. The lowest BCUT2D eigenvalue weighted by atomic mass is 10.2. The zero-order valence-electron chi connectivity index (χ0n) is 7.83. The highest BCUT2D eigenvalue weighted by molar-refractivity contribution is 5.22. The van der Waals surface area contributed by atoms with Crippen LogP contribution >= 0.6 is 0 Å². The zero-order valence-corrected chi connectivity index (χ0v) is 7.83. The first-order chi connectivity index (χ1) is 6.84. The highest BCUT2D eigenvalue weighted by atomic mass is 19.1. The Labute approximate surface area is 82.0 Å². The molecule has 0 aliphatic carbocycles. The molecule has 5 heteroatoms. The minimum Gasteiger partial charge on any atom is -0.353 e. The van der Waals surface area contributed by atoms with E-state index in [1.54, 1.807) is 0 Å². The molecular weight excluding hydrogens is 183 g/mol. The molecule has 0 spiro atoms. The predicted octanol–water partition coefficient (Wildman–Crippen LogP) is 0.780. The van der Waals surface area contributed by atoms with E-state index in [1.807, 2.05) is 0 Å². The normalized spacial score (nSPS) is 21.1. The molecule has 14 heavy (non-hydrogen) atoms. The van der Waals surface area contributed by atoms with Gasteiger partial charge in [-0.15, -0.1) is 0 Å². The summed E-state index contributed by atoms with van der Waals surface area (Å²) in [5, 5.41) is 6.41. The average molecular weight is 196 g/mol. The maximum absolute atomic E-state index is 12.5. The van der Waals surface area contributed by atoms with E-state index >= 15 is 0 Å². The van der Waals surface area contributed by atoms with Gasteiger partial charge in [0.05, 0.1) is 12.4 Å². The lowest BCUT2D eigenvalue weighted by Gasteiger charge is -2.10. The number of hydrogen-bond acceptors (Lipinski definition) is 4. The molecule has 0 bridgehead atoms. The number of hydrogen-bond donors (Lipinski definition) is 2. The third-order valence-corrected chi connectivity index (χ3v) is 2.29. The van der Waals surface area contributed by atoms with Gasteiger partial charge in [-0.1, -0.05) is 0 Å². The third-order valence-electron chi connectivity index (χ3n) is 2.29. The summed E-state index contributed by atoms with van der Waals surface area (Å²) >= 11 is 0. The van der Waals surface area contributed by atoms with Crippen LogP contribution in [0.2, 0.25) is 0 Å². The summed E-state index contributed by atoms with van der Waals surface area (Å²) in [6.07, 6.45) is 4.72. The molecule has 0 aromatic carbocycles. The summed E-state index contributed by atoms with van der Waals surface area (Å²) in [5.74, 6) is 0.0784. The van der Waals surface area contributed by atoms with E-state index in [9.17, 15) is 4.39 Å². The van der Waals surface area contributed by atoms with Gasteiger partial charge in [0, 0.05) is 12.6 Å². The molecule has 2 rings (SSSR count). The van der Waals surface area contributed by atoms with E-state index in [-0.39, 0.29) is 0 Å². The van der Waals surface area contributed by atoms with Crippen LogP contribution in [0, 0.1) is 5.82 Å². The van der Waals surface area contributed by atoms with Crippen molar-refractivity contribution in [3.05, 3.63) is 18.2 Å². The van der Waals surface area contributed by atoms with E-state index < -0.39 is 5.82 Å². The molecule has 4 nitrogen and oxygen atoms in total. The Hall–Kier alpha value is -1.23.